The van der Waals surface area contributed by atoms with E-state index in [1.165, 1.54) is 4.90 Å². The van der Waals surface area contributed by atoms with Gasteiger partial charge in [0.25, 0.3) is 0 Å². The van der Waals surface area contributed by atoms with Gasteiger partial charge in [0.1, 0.15) is 0 Å². The number of rotatable bonds is 0. The number of hydrogen-bond donors (Lipinski definition) is 1. The molecule has 2 fully saturated rings. The predicted molar refractivity (Wildman–Crippen MR) is 45.0 cm³/mol. The second-order valence-electron chi connectivity index (χ2n) is 3.35. The van der Waals surface area contributed by atoms with Crippen LogP contribution in [0, 0.1) is 0 Å². The fraction of sp³-hybridized carbons (Fsp3) is 0.444. The van der Waals surface area contributed by atoms with E-state index >= 15 is 0 Å². The lowest BCUT2D eigenvalue weighted by molar-refractivity contribution is 0.143. The molecule has 0 unspecified atom stereocenters. The van der Waals surface area contributed by atoms with Crippen molar-refractivity contribution in [1.29, 1.82) is 0 Å². The van der Waals surface area contributed by atoms with E-state index in [-0.39, 0.29) is 12.1 Å². The van der Waals surface area contributed by atoms with Crippen LogP contribution in [0.4, 0.5) is 4.79 Å². The summed E-state index contributed by atoms with van der Waals surface area (Å²) < 4.78 is 0. The first-order valence-electron chi connectivity index (χ1n) is 4.02. The average Bonchev–Trinajstić information content (AvgIpc) is 2.51. The molecule has 2 heterocycles. The highest BCUT2D eigenvalue weighted by Gasteiger charge is 2.47. The summed E-state index contributed by atoms with van der Waals surface area (Å²) in [5, 5.41) is 8.87. The largest absolute Gasteiger partial charge is 0.465 e. The van der Waals surface area contributed by atoms with Gasteiger partial charge in [-0.1, -0.05) is 13.2 Å². The van der Waals surface area contributed by atoms with Crippen molar-refractivity contribution in [2.75, 3.05) is 0 Å². The van der Waals surface area contributed by atoms with Gasteiger partial charge in [0.2, 0.25) is 0 Å². The summed E-state index contributed by atoms with van der Waals surface area (Å²) in [5.74, 6) is 0. The van der Waals surface area contributed by atoms with Crippen LogP contribution in [-0.2, 0) is 0 Å². The second-order valence-corrected chi connectivity index (χ2v) is 3.35. The fourth-order valence-corrected chi connectivity index (χ4v) is 2.19. The van der Waals surface area contributed by atoms with Crippen molar-refractivity contribution in [2.45, 2.75) is 24.9 Å². The van der Waals surface area contributed by atoms with E-state index in [0.717, 1.165) is 24.0 Å². The van der Waals surface area contributed by atoms with E-state index in [9.17, 15) is 4.79 Å². The summed E-state index contributed by atoms with van der Waals surface area (Å²) in [6.45, 7) is 7.69. The maximum absolute atomic E-state index is 10.8. The normalized spacial score (nSPS) is 33.2. The van der Waals surface area contributed by atoms with Gasteiger partial charge in [-0.25, -0.2) is 4.79 Å². The number of nitrogens with zero attached hydrogens (tertiary/aromatic N) is 1. The van der Waals surface area contributed by atoms with Gasteiger partial charge < -0.3 is 5.11 Å². The smallest absolute Gasteiger partial charge is 0.408 e. The molecule has 0 aromatic carbocycles. The van der Waals surface area contributed by atoms with Gasteiger partial charge in [0, 0.05) is 0 Å². The third kappa shape index (κ3) is 0.682. The summed E-state index contributed by atoms with van der Waals surface area (Å²) in [6.07, 6.45) is 0.978. The number of amides is 1. The third-order valence-electron chi connectivity index (χ3n) is 2.82. The fourth-order valence-electron chi connectivity index (χ4n) is 2.19. The van der Waals surface area contributed by atoms with Crippen molar-refractivity contribution in [3.63, 3.8) is 0 Å². The van der Waals surface area contributed by atoms with Crippen molar-refractivity contribution in [3.8, 4) is 0 Å². The average molecular weight is 165 g/mol. The molecule has 1 N–H and O–H groups in total. The Labute approximate surface area is 71.0 Å². The lowest BCUT2D eigenvalue weighted by Crippen LogP contribution is -2.33. The third-order valence-corrected chi connectivity index (χ3v) is 2.82. The van der Waals surface area contributed by atoms with Gasteiger partial charge in [0.15, 0.2) is 0 Å². The van der Waals surface area contributed by atoms with Gasteiger partial charge in [-0.3, -0.25) is 4.90 Å². The second kappa shape index (κ2) is 2.12. The molecule has 3 heteroatoms. The maximum Gasteiger partial charge on any atom is 0.408 e. The van der Waals surface area contributed by atoms with Crippen LogP contribution in [0.5, 0.6) is 0 Å². The molecule has 0 radical (unpaired) electrons. The molecule has 2 aliphatic rings. The molecule has 0 aromatic rings. The van der Waals surface area contributed by atoms with Crippen LogP contribution in [0.2, 0.25) is 0 Å². The van der Waals surface area contributed by atoms with Crippen LogP contribution >= 0.6 is 0 Å². The zero-order chi connectivity index (χ0) is 8.88. The first-order valence-corrected chi connectivity index (χ1v) is 4.02. The lowest BCUT2D eigenvalue weighted by atomic mass is 9.92. The van der Waals surface area contributed by atoms with Gasteiger partial charge in [-0.15, -0.1) is 0 Å². The van der Waals surface area contributed by atoms with Gasteiger partial charge in [0.05, 0.1) is 12.1 Å². The summed E-state index contributed by atoms with van der Waals surface area (Å²) in [6, 6.07) is 0.0278. The van der Waals surface area contributed by atoms with Crippen LogP contribution in [-0.4, -0.2) is 28.2 Å². The van der Waals surface area contributed by atoms with Crippen molar-refractivity contribution in [1.82, 2.24) is 4.90 Å². The van der Waals surface area contributed by atoms with Crippen LogP contribution in [0.25, 0.3) is 0 Å². The molecular weight excluding hydrogens is 154 g/mol. The first kappa shape index (κ1) is 7.40. The van der Waals surface area contributed by atoms with Crippen LogP contribution in [0.3, 0.4) is 0 Å². The summed E-state index contributed by atoms with van der Waals surface area (Å²) >= 11 is 0. The Morgan fingerprint density at radius 3 is 2.00 bits per heavy atom. The Hall–Kier alpha value is -1.25. The van der Waals surface area contributed by atoms with Gasteiger partial charge in [-0.05, 0) is 24.0 Å². The van der Waals surface area contributed by atoms with Crippen LogP contribution < -0.4 is 0 Å². The van der Waals surface area contributed by atoms with Crippen molar-refractivity contribution in [3.05, 3.63) is 24.3 Å². The first-order chi connectivity index (χ1) is 5.63. The zero-order valence-corrected chi connectivity index (χ0v) is 6.79. The topological polar surface area (TPSA) is 40.5 Å². The highest BCUT2D eigenvalue weighted by atomic mass is 16.4. The standard InChI is InChI=1S/C9H11NO2/c1-5-6(2)8-4-3-7(5)10(8)9(11)12/h7-8H,1-4H2,(H,11,12)/t7-,8+. The highest BCUT2D eigenvalue weighted by Crippen LogP contribution is 2.43. The van der Waals surface area contributed by atoms with E-state index in [0.29, 0.717) is 0 Å². The molecular formula is C9H11NO2. The van der Waals surface area contributed by atoms with Crippen molar-refractivity contribution < 1.29 is 9.90 Å². The number of carboxylic acid groups (broad SMARTS) is 1. The number of carbonyl (C=O) groups is 1. The molecule has 0 spiro atoms. The van der Waals surface area contributed by atoms with Crippen LogP contribution in [0.15, 0.2) is 24.3 Å². The van der Waals surface area contributed by atoms with E-state index < -0.39 is 6.09 Å². The number of hydrogen-bond acceptors (Lipinski definition) is 1. The Balaban J connectivity index is 2.36. The molecule has 0 saturated carbocycles. The summed E-state index contributed by atoms with van der Waals surface area (Å²) in [7, 11) is 0. The Kier molecular flexibility index (Phi) is 1.31. The van der Waals surface area contributed by atoms with E-state index in [1.54, 1.807) is 0 Å². The summed E-state index contributed by atoms with van der Waals surface area (Å²) in [4.78, 5) is 12.3. The summed E-state index contributed by atoms with van der Waals surface area (Å²) in [5.41, 5.74) is 1.82. The molecule has 64 valence electrons. The molecule has 12 heavy (non-hydrogen) atoms. The van der Waals surface area contributed by atoms with Gasteiger partial charge in [-0.2, -0.15) is 0 Å². The van der Waals surface area contributed by atoms with Crippen molar-refractivity contribution in [2.24, 2.45) is 0 Å². The van der Waals surface area contributed by atoms with Crippen LogP contribution in [0.1, 0.15) is 12.8 Å². The predicted octanol–water partition coefficient (Wildman–Crippen LogP) is 1.62. The molecule has 2 rings (SSSR count). The minimum absolute atomic E-state index is 0.0139. The minimum atomic E-state index is -0.845. The molecule has 3 nitrogen and oxygen atoms in total. The molecule has 2 atom stereocenters. The van der Waals surface area contributed by atoms with Gasteiger partial charge >= 0.3 is 6.09 Å². The van der Waals surface area contributed by atoms with Crippen molar-refractivity contribution >= 4 is 6.09 Å². The molecule has 0 aromatic heterocycles. The molecule has 2 aliphatic heterocycles. The lowest BCUT2D eigenvalue weighted by Gasteiger charge is -2.16. The maximum atomic E-state index is 10.8. The monoisotopic (exact) mass is 165 g/mol. The molecule has 2 saturated heterocycles. The van der Waals surface area contributed by atoms with E-state index in [4.69, 9.17) is 5.11 Å². The quantitative estimate of drug-likeness (QED) is 0.592. The SMILES string of the molecule is C=C1C(=C)[C@@H]2CC[C@H]1N2C(=O)O. The molecule has 1 amide bonds. The molecule has 2 bridgehead atoms. The Morgan fingerprint density at radius 1 is 1.33 bits per heavy atom. The highest BCUT2D eigenvalue weighted by molar-refractivity contribution is 5.71. The number of fused-ring (bicyclic) bond motifs is 2. The Morgan fingerprint density at radius 2 is 1.75 bits per heavy atom. The van der Waals surface area contributed by atoms with E-state index in [1.807, 2.05) is 0 Å². The van der Waals surface area contributed by atoms with E-state index in [2.05, 4.69) is 13.2 Å². The molecule has 0 aliphatic carbocycles. The Bertz CT molecular complexity index is 260. The zero-order valence-electron chi connectivity index (χ0n) is 6.79. The minimum Gasteiger partial charge on any atom is -0.465 e.